The number of hydrogen-bond donors (Lipinski definition) is 0. The van der Waals surface area contributed by atoms with E-state index < -0.39 is 0 Å². The predicted molar refractivity (Wildman–Crippen MR) is 59.6 cm³/mol. The second-order valence-corrected chi connectivity index (χ2v) is 3.60. The van der Waals surface area contributed by atoms with E-state index in [4.69, 9.17) is 4.74 Å². The van der Waals surface area contributed by atoms with E-state index in [-0.39, 0.29) is 0 Å². The summed E-state index contributed by atoms with van der Waals surface area (Å²) in [5, 5.41) is 0. The van der Waals surface area contributed by atoms with Gasteiger partial charge in [0.15, 0.2) is 0 Å². The lowest BCUT2D eigenvalue weighted by Gasteiger charge is -2.08. The molecule has 77 valence electrons. The predicted octanol–water partition coefficient (Wildman–Crippen LogP) is 2.00. The van der Waals surface area contributed by atoms with Crippen LogP contribution < -0.4 is 4.74 Å². The Morgan fingerprint density at radius 3 is 2.36 bits per heavy atom. The van der Waals surface area contributed by atoms with Crippen LogP contribution in [0.5, 0.6) is 5.75 Å². The third-order valence-electron chi connectivity index (χ3n) is 2.03. The smallest absolute Gasteiger partial charge is 0.118 e. The number of hydrogen-bond acceptors (Lipinski definition) is 2. The number of ether oxygens (including phenoxy) is 1. The molecule has 0 aliphatic heterocycles. The van der Waals surface area contributed by atoms with Crippen molar-refractivity contribution in [2.75, 3.05) is 27.7 Å². The molecular weight excluding hydrogens is 174 g/mol. The van der Waals surface area contributed by atoms with Crippen LogP contribution in [0.3, 0.4) is 0 Å². The molecule has 0 aliphatic rings. The van der Waals surface area contributed by atoms with Crippen molar-refractivity contribution in [2.24, 2.45) is 0 Å². The lowest BCUT2D eigenvalue weighted by molar-refractivity contribution is 0.414. The van der Waals surface area contributed by atoms with Gasteiger partial charge in [-0.25, -0.2) is 0 Å². The van der Waals surface area contributed by atoms with Gasteiger partial charge in [-0.05, 0) is 44.6 Å². The molecule has 0 heterocycles. The van der Waals surface area contributed by atoms with E-state index >= 15 is 0 Å². The van der Waals surface area contributed by atoms with Crippen molar-refractivity contribution in [2.45, 2.75) is 6.42 Å². The van der Waals surface area contributed by atoms with Gasteiger partial charge in [0.05, 0.1) is 7.11 Å². The Morgan fingerprint density at radius 2 is 1.86 bits per heavy atom. The van der Waals surface area contributed by atoms with E-state index in [1.54, 1.807) is 7.11 Å². The average Bonchev–Trinajstić information content (AvgIpc) is 2.18. The zero-order valence-corrected chi connectivity index (χ0v) is 9.16. The second kappa shape index (κ2) is 5.66. The Bertz CT molecular complexity index is 254. The van der Waals surface area contributed by atoms with E-state index in [9.17, 15) is 0 Å². The second-order valence-electron chi connectivity index (χ2n) is 3.60. The van der Waals surface area contributed by atoms with Crippen LogP contribution in [0.15, 0.2) is 24.3 Å². The molecule has 1 rings (SSSR count). The lowest BCUT2D eigenvalue weighted by Crippen LogP contribution is -2.14. The highest BCUT2D eigenvalue weighted by Gasteiger charge is 1.95. The van der Waals surface area contributed by atoms with Crippen molar-refractivity contribution in [3.05, 3.63) is 36.2 Å². The maximum Gasteiger partial charge on any atom is 0.118 e. The van der Waals surface area contributed by atoms with Crippen LogP contribution in [0.25, 0.3) is 0 Å². The molecule has 0 saturated carbocycles. The minimum absolute atomic E-state index is 0.918. The zero-order valence-electron chi connectivity index (χ0n) is 9.16. The largest absolute Gasteiger partial charge is 0.497 e. The monoisotopic (exact) mass is 192 g/mol. The van der Waals surface area contributed by atoms with Gasteiger partial charge in [-0.1, -0.05) is 12.1 Å². The molecule has 0 saturated heterocycles. The third kappa shape index (κ3) is 3.79. The van der Waals surface area contributed by atoms with Crippen LogP contribution in [0.1, 0.15) is 5.56 Å². The summed E-state index contributed by atoms with van der Waals surface area (Å²) in [6.45, 7) is 1.02. The number of benzene rings is 1. The van der Waals surface area contributed by atoms with Gasteiger partial charge in [0.2, 0.25) is 0 Å². The van der Waals surface area contributed by atoms with Crippen LogP contribution in [0, 0.1) is 6.42 Å². The summed E-state index contributed by atoms with van der Waals surface area (Å²) in [7, 11) is 5.84. The molecule has 2 nitrogen and oxygen atoms in total. The van der Waals surface area contributed by atoms with Crippen molar-refractivity contribution in [1.29, 1.82) is 0 Å². The van der Waals surface area contributed by atoms with Crippen LogP contribution in [-0.2, 0) is 6.42 Å². The topological polar surface area (TPSA) is 12.5 Å². The molecule has 0 atom stereocenters. The molecule has 0 unspecified atom stereocenters. The molecular formula is C12H18NO. The van der Waals surface area contributed by atoms with Gasteiger partial charge in [-0.15, -0.1) is 0 Å². The summed E-state index contributed by atoms with van der Waals surface area (Å²) in [6, 6.07) is 8.20. The summed E-state index contributed by atoms with van der Waals surface area (Å²) < 4.78 is 5.09. The molecule has 1 aromatic rings. The summed E-state index contributed by atoms with van der Waals surface area (Å²) in [4.78, 5) is 2.16. The maximum atomic E-state index is 5.09. The first-order chi connectivity index (χ1) is 6.72. The fraction of sp³-hybridized carbons (Fsp3) is 0.417. The molecule has 0 N–H and O–H groups in total. The van der Waals surface area contributed by atoms with Crippen LogP contribution in [-0.4, -0.2) is 32.6 Å². The van der Waals surface area contributed by atoms with Crippen LogP contribution >= 0.6 is 0 Å². The fourth-order valence-corrected chi connectivity index (χ4v) is 1.25. The quantitative estimate of drug-likeness (QED) is 0.707. The van der Waals surface area contributed by atoms with Crippen molar-refractivity contribution in [1.82, 2.24) is 4.90 Å². The third-order valence-corrected chi connectivity index (χ3v) is 2.03. The molecule has 1 radical (unpaired) electrons. The van der Waals surface area contributed by atoms with Gasteiger partial charge in [0.1, 0.15) is 5.75 Å². The minimum Gasteiger partial charge on any atom is -0.497 e. The maximum absolute atomic E-state index is 5.09. The summed E-state index contributed by atoms with van der Waals surface area (Å²) in [6.07, 6.45) is 3.28. The van der Waals surface area contributed by atoms with Gasteiger partial charge in [0.25, 0.3) is 0 Å². The van der Waals surface area contributed by atoms with Gasteiger partial charge in [-0.3, -0.25) is 0 Å². The van der Waals surface area contributed by atoms with Crippen molar-refractivity contribution < 1.29 is 4.74 Å². The summed E-state index contributed by atoms with van der Waals surface area (Å²) >= 11 is 0. The normalized spacial score (nSPS) is 10.6. The Kier molecular flexibility index (Phi) is 4.47. The van der Waals surface area contributed by atoms with Gasteiger partial charge >= 0.3 is 0 Å². The Hall–Kier alpha value is -1.02. The average molecular weight is 192 g/mol. The van der Waals surface area contributed by atoms with E-state index in [0.29, 0.717) is 0 Å². The van der Waals surface area contributed by atoms with Gasteiger partial charge in [0, 0.05) is 6.54 Å². The van der Waals surface area contributed by atoms with E-state index in [2.05, 4.69) is 37.5 Å². The van der Waals surface area contributed by atoms with Gasteiger partial charge in [-0.2, -0.15) is 0 Å². The molecule has 0 aromatic heterocycles. The zero-order chi connectivity index (χ0) is 10.4. The molecule has 2 heteroatoms. The Morgan fingerprint density at radius 1 is 1.21 bits per heavy atom. The molecule has 0 bridgehead atoms. The van der Waals surface area contributed by atoms with Crippen molar-refractivity contribution in [3.63, 3.8) is 0 Å². The number of nitrogens with zero attached hydrogens (tertiary/aromatic N) is 1. The van der Waals surface area contributed by atoms with Crippen LogP contribution in [0.2, 0.25) is 0 Å². The van der Waals surface area contributed by atoms with Crippen LogP contribution in [0.4, 0.5) is 0 Å². The summed E-state index contributed by atoms with van der Waals surface area (Å²) in [5.41, 5.74) is 1.33. The molecule has 0 fully saturated rings. The first-order valence-corrected chi connectivity index (χ1v) is 4.81. The number of methoxy groups -OCH3 is 1. The molecule has 14 heavy (non-hydrogen) atoms. The highest BCUT2D eigenvalue weighted by molar-refractivity contribution is 5.27. The van der Waals surface area contributed by atoms with E-state index in [1.165, 1.54) is 5.56 Å². The molecule has 0 amide bonds. The lowest BCUT2D eigenvalue weighted by atomic mass is 10.1. The SMILES string of the molecule is COc1ccc(C[CH]CN(C)C)cc1. The Labute approximate surface area is 86.5 Å². The summed E-state index contributed by atoms with van der Waals surface area (Å²) in [5.74, 6) is 0.918. The van der Waals surface area contributed by atoms with Crippen molar-refractivity contribution >= 4 is 0 Å². The minimum atomic E-state index is 0.918. The van der Waals surface area contributed by atoms with E-state index in [1.807, 2.05) is 12.1 Å². The standard InChI is InChI=1S/C12H18NO/c1-13(2)10-4-5-11-6-8-12(14-3)9-7-11/h4,6-9H,5,10H2,1-3H3. The molecule has 0 aliphatic carbocycles. The van der Waals surface area contributed by atoms with Crippen molar-refractivity contribution in [3.8, 4) is 5.75 Å². The highest BCUT2D eigenvalue weighted by Crippen LogP contribution is 2.12. The first kappa shape index (κ1) is 11.1. The fourth-order valence-electron chi connectivity index (χ4n) is 1.25. The van der Waals surface area contributed by atoms with E-state index in [0.717, 1.165) is 18.7 Å². The number of rotatable bonds is 5. The highest BCUT2D eigenvalue weighted by atomic mass is 16.5. The Balaban J connectivity index is 2.36. The van der Waals surface area contributed by atoms with Gasteiger partial charge < -0.3 is 9.64 Å². The molecule has 1 aromatic carbocycles. The molecule has 0 spiro atoms. The first-order valence-electron chi connectivity index (χ1n) is 4.81.